The number of aromatic nitrogens is 3. The molecule has 0 atom stereocenters. The standard InChI is InChI=1S/C13H15BrN4O2/c1-7(2)11-10(14)12(18-17-11)13(20)16-9-5-15-4-3-8(9)6-19/h3-5,7,19H,6H2,1-2H3,(H,16,20)(H,17,18). The molecule has 6 nitrogen and oxygen atoms in total. The average molecular weight is 339 g/mol. The second kappa shape index (κ2) is 6.15. The van der Waals surface area contributed by atoms with Crippen molar-refractivity contribution < 1.29 is 9.90 Å². The van der Waals surface area contributed by atoms with Crippen LogP contribution in [0.1, 0.15) is 41.5 Å². The van der Waals surface area contributed by atoms with Crippen LogP contribution in [-0.2, 0) is 6.61 Å². The molecule has 0 bridgehead atoms. The molecule has 2 heterocycles. The summed E-state index contributed by atoms with van der Waals surface area (Å²) in [5.74, 6) is -0.132. The van der Waals surface area contributed by atoms with E-state index in [0.717, 1.165) is 5.69 Å². The van der Waals surface area contributed by atoms with E-state index in [-0.39, 0.29) is 24.1 Å². The van der Waals surface area contributed by atoms with Gasteiger partial charge in [0.1, 0.15) is 0 Å². The first-order valence-electron chi connectivity index (χ1n) is 6.13. The van der Waals surface area contributed by atoms with Gasteiger partial charge in [-0.05, 0) is 27.9 Å². The predicted octanol–water partition coefficient (Wildman–Crippen LogP) is 2.44. The number of anilines is 1. The second-order valence-electron chi connectivity index (χ2n) is 4.60. The summed E-state index contributed by atoms with van der Waals surface area (Å²) in [7, 11) is 0. The smallest absolute Gasteiger partial charge is 0.277 e. The number of nitrogens with one attached hydrogen (secondary N) is 2. The SMILES string of the molecule is CC(C)c1[nH]nc(C(=O)Nc2cnccc2CO)c1Br. The Morgan fingerprint density at radius 1 is 1.55 bits per heavy atom. The average Bonchev–Trinajstić information content (AvgIpc) is 2.81. The molecule has 1 amide bonds. The van der Waals surface area contributed by atoms with Crippen molar-refractivity contribution in [2.24, 2.45) is 0 Å². The molecule has 0 saturated carbocycles. The fourth-order valence-corrected chi connectivity index (χ4v) is 2.55. The van der Waals surface area contributed by atoms with Crippen molar-refractivity contribution in [1.82, 2.24) is 15.2 Å². The van der Waals surface area contributed by atoms with E-state index in [0.29, 0.717) is 15.7 Å². The van der Waals surface area contributed by atoms with E-state index >= 15 is 0 Å². The third-order valence-electron chi connectivity index (χ3n) is 2.85. The normalized spacial score (nSPS) is 10.8. The Labute approximate surface area is 124 Å². The number of H-pyrrole nitrogens is 1. The Bertz CT molecular complexity index is 625. The van der Waals surface area contributed by atoms with Crippen LogP contribution in [0.5, 0.6) is 0 Å². The van der Waals surface area contributed by atoms with Crippen molar-refractivity contribution in [1.29, 1.82) is 0 Å². The lowest BCUT2D eigenvalue weighted by atomic mass is 10.1. The fraction of sp³-hybridized carbons (Fsp3) is 0.308. The summed E-state index contributed by atoms with van der Waals surface area (Å²) < 4.78 is 0.652. The molecule has 2 rings (SSSR count). The minimum atomic E-state index is -0.359. The summed E-state index contributed by atoms with van der Waals surface area (Å²) >= 11 is 3.38. The molecule has 0 spiro atoms. The summed E-state index contributed by atoms with van der Waals surface area (Å²) in [4.78, 5) is 16.1. The number of hydrogen-bond donors (Lipinski definition) is 3. The van der Waals surface area contributed by atoms with Gasteiger partial charge in [0.05, 0.1) is 28.7 Å². The van der Waals surface area contributed by atoms with Gasteiger partial charge in [0, 0.05) is 11.8 Å². The van der Waals surface area contributed by atoms with Crippen molar-refractivity contribution in [3.63, 3.8) is 0 Å². The zero-order chi connectivity index (χ0) is 14.7. The Morgan fingerprint density at radius 3 is 2.90 bits per heavy atom. The highest BCUT2D eigenvalue weighted by molar-refractivity contribution is 9.10. The van der Waals surface area contributed by atoms with E-state index < -0.39 is 0 Å². The number of aliphatic hydroxyl groups excluding tert-OH is 1. The molecule has 0 unspecified atom stereocenters. The first kappa shape index (κ1) is 14.7. The van der Waals surface area contributed by atoms with Crippen LogP contribution in [0.15, 0.2) is 22.9 Å². The summed E-state index contributed by atoms with van der Waals surface area (Å²) in [6.07, 6.45) is 3.05. The van der Waals surface area contributed by atoms with E-state index in [1.54, 1.807) is 12.3 Å². The summed E-state index contributed by atoms with van der Waals surface area (Å²) in [6.45, 7) is 3.84. The van der Waals surface area contributed by atoms with Crippen molar-refractivity contribution >= 4 is 27.5 Å². The third kappa shape index (κ3) is 2.88. The van der Waals surface area contributed by atoms with Crippen LogP contribution >= 0.6 is 15.9 Å². The molecule has 7 heteroatoms. The number of carbonyl (C=O) groups is 1. The van der Waals surface area contributed by atoms with Crippen LogP contribution in [0.4, 0.5) is 5.69 Å². The van der Waals surface area contributed by atoms with E-state index in [2.05, 4.69) is 36.4 Å². The van der Waals surface area contributed by atoms with Gasteiger partial charge in [-0.1, -0.05) is 13.8 Å². The monoisotopic (exact) mass is 338 g/mol. The van der Waals surface area contributed by atoms with Gasteiger partial charge in [0.25, 0.3) is 5.91 Å². The molecule has 106 valence electrons. The molecule has 0 saturated heterocycles. The number of rotatable bonds is 4. The lowest BCUT2D eigenvalue weighted by molar-refractivity contribution is 0.102. The van der Waals surface area contributed by atoms with Crippen LogP contribution in [0, 0.1) is 0 Å². The van der Waals surface area contributed by atoms with Crippen molar-refractivity contribution in [3.05, 3.63) is 39.9 Å². The highest BCUT2D eigenvalue weighted by Gasteiger charge is 2.20. The zero-order valence-electron chi connectivity index (χ0n) is 11.1. The number of hydrogen-bond acceptors (Lipinski definition) is 4. The van der Waals surface area contributed by atoms with Crippen molar-refractivity contribution in [2.45, 2.75) is 26.4 Å². The molecule has 3 N–H and O–H groups in total. The first-order valence-corrected chi connectivity index (χ1v) is 6.92. The number of carbonyl (C=O) groups excluding carboxylic acids is 1. The van der Waals surface area contributed by atoms with Gasteiger partial charge in [-0.25, -0.2) is 0 Å². The van der Waals surface area contributed by atoms with Crippen LogP contribution in [-0.4, -0.2) is 26.2 Å². The van der Waals surface area contributed by atoms with Crippen LogP contribution in [0.2, 0.25) is 0 Å². The van der Waals surface area contributed by atoms with Crippen molar-refractivity contribution in [2.75, 3.05) is 5.32 Å². The van der Waals surface area contributed by atoms with Crippen LogP contribution < -0.4 is 5.32 Å². The molecule has 0 aliphatic heterocycles. The number of amides is 1. The van der Waals surface area contributed by atoms with Gasteiger partial charge in [-0.3, -0.25) is 14.9 Å². The van der Waals surface area contributed by atoms with Gasteiger partial charge in [-0.15, -0.1) is 0 Å². The fourth-order valence-electron chi connectivity index (χ4n) is 1.73. The van der Waals surface area contributed by atoms with E-state index in [4.69, 9.17) is 0 Å². The first-order chi connectivity index (χ1) is 9.54. The zero-order valence-corrected chi connectivity index (χ0v) is 12.7. The maximum atomic E-state index is 12.2. The molecule has 20 heavy (non-hydrogen) atoms. The highest BCUT2D eigenvalue weighted by atomic mass is 79.9. The number of nitrogens with zero attached hydrogens (tertiary/aromatic N) is 2. The van der Waals surface area contributed by atoms with Crippen LogP contribution in [0.3, 0.4) is 0 Å². The third-order valence-corrected chi connectivity index (χ3v) is 3.66. The summed E-state index contributed by atoms with van der Waals surface area (Å²) in [6, 6.07) is 1.65. The van der Waals surface area contributed by atoms with Gasteiger partial charge in [0.15, 0.2) is 5.69 Å². The highest BCUT2D eigenvalue weighted by Crippen LogP contribution is 2.26. The maximum absolute atomic E-state index is 12.2. The Morgan fingerprint density at radius 2 is 2.30 bits per heavy atom. The Kier molecular flexibility index (Phi) is 4.51. The Balaban J connectivity index is 2.24. The maximum Gasteiger partial charge on any atom is 0.277 e. The topological polar surface area (TPSA) is 90.9 Å². The Hall–Kier alpha value is -1.73. The summed E-state index contributed by atoms with van der Waals surface area (Å²) in [5.41, 5.74) is 2.22. The molecule has 0 aliphatic carbocycles. The van der Waals surface area contributed by atoms with Gasteiger partial charge in [-0.2, -0.15) is 5.10 Å². The molecule has 0 aliphatic rings. The number of halogens is 1. The van der Waals surface area contributed by atoms with Gasteiger partial charge < -0.3 is 10.4 Å². The van der Waals surface area contributed by atoms with Crippen LogP contribution in [0.25, 0.3) is 0 Å². The minimum Gasteiger partial charge on any atom is -0.392 e. The van der Waals surface area contributed by atoms with E-state index in [9.17, 15) is 9.90 Å². The minimum absolute atomic E-state index is 0.170. The quantitative estimate of drug-likeness (QED) is 0.798. The second-order valence-corrected chi connectivity index (χ2v) is 5.39. The number of aromatic amines is 1. The molecule has 2 aromatic rings. The molecular formula is C13H15BrN4O2. The predicted molar refractivity (Wildman–Crippen MR) is 78.5 cm³/mol. The molecular weight excluding hydrogens is 324 g/mol. The molecule has 0 radical (unpaired) electrons. The van der Waals surface area contributed by atoms with Gasteiger partial charge in [0.2, 0.25) is 0 Å². The van der Waals surface area contributed by atoms with E-state index in [1.807, 2.05) is 13.8 Å². The van der Waals surface area contributed by atoms with E-state index in [1.165, 1.54) is 6.20 Å². The molecule has 0 fully saturated rings. The molecule has 0 aromatic carbocycles. The van der Waals surface area contributed by atoms with Gasteiger partial charge >= 0.3 is 0 Å². The largest absolute Gasteiger partial charge is 0.392 e. The molecule has 2 aromatic heterocycles. The van der Waals surface area contributed by atoms with Crippen molar-refractivity contribution in [3.8, 4) is 0 Å². The lowest BCUT2D eigenvalue weighted by Gasteiger charge is -2.07. The summed E-state index contributed by atoms with van der Waals surface area (Å²) in [5, 5.41) is 18.8. The number of aliphatic hydroxyl groups is 1. The lowest BCUT2D eigenvalue weighted by Crippen LogP contribution is -2.14. The number of pyridine rings is 1.